The van der Waals surface area contributed by atoms with Crippen molar-refractivity contribution < 1.29 is 4.39 Å². The number of hydrogen-bond donors (Lipinski definition) is 0. The Morgan fingerprint density at radius 2 is 1.10 bits per heavy atom. The highest BCUT2D eigenvalue weighted by Crippen LogP contribution is 2.28. The SMILES string of the molecule is Fc1ccc(-c2nc(-c3ccccc3)nc(-c3ccc4ccccc4c3)n2)cc1Cl. The summed E-state index contributed by atoms with van der Waals surface area (Å²) in [6.07, 6.45) is 0. The van der Waals surface area contributed by atoms with Crippen molar-refractivity contribution in [3.63, 3.8) is 0 Å². The van der Waals surface area contributed by atoms with Crippen molar-refractivity contribution in [2.45, 2.75) is 0 Å². The minimum Gasteiger partial charge on any atom is -0.208 e. The van der Waals surface area contributed by atoms with Crippen LogP contribution in [-0.4, -0.2) is 15.0 Å². The lowest BCUT2D eigenvalue weighted by Crippen LogP contribution is -2.00. The highest BCUT2D eigenvalue weighted by atomic mass is 35.5. The predicted octanol–water partition coefficient (Wildman–Crippen LogP) is 6.82. The van der Waals surface area contributed by atoms with Crippen LogP contribution in [0.2, 0.25) is 5.02 Å². The zero-order valence-electron chi connectivity index (χ0n) is 15.8. The van der Waals surface area contributed by atoms with Gasteiger partial charge in [0.1, 0.15) is 5.82 Å². The monoisotopic (exact) mass is 411 g/mol. The molecule has 0 aliphatic carbocycles. The van der Waals surface area contributed by atoms with E-state index in [1.165, 1.54) is 12.1 Å². The van der Waals surface area contributed by atoms with Gasteiger partial charge in [-0.3, -0.25) is 0 Å². The number of halogens is 2. The molecule has 0 bridgehead atoms. The molecule has 0 fully saturated rings. The molecule has 0 saturated carbocycles. The van der Waals surface area contributed by atoms with E-state index in [-0.39, 0.29) is 5.02 Å². The van der Waals surface area contributed by atoms with E-state index in [1.54, 1.807) is 6.07 Å². The second-order valence-corrected chi connectivity index (χ2v) is 7.27. The molecule has 1 aromatic heterocycles. The Balaban J connectivity index is 1.72. The molecular weight excluding hydrogens is 397 g/mol. The van der Waals surface area contributed by atoms with Gasteiger partial charge in [-0.15, -0.1) is 0 Å². The largest absolute Gasteiger partial charge is 0.208 e. The van der Waals surface area contributed by atoms with Crippen LogP contribution < -0.4 is 0 Å². The number of benzene rings is 4. The first-order valence-corrected chi connectivity index (χ1v) is 9.81. The first kappa shape index (κ1) is 18.4. The third-order valence-corrected chi connectivity index (χ3v) is 5.14. The average molecular weight is 412 g/mol. The maximum atomic E-state index is 13.7. The second kappa shape index (κ2) is 7.65. The van der Waals surface area contributed by atoms with Gasteiger partial charge in [-0.05, 0) is 35.0 Å². The standard InChI is InChI=1S/C25H15ClFN3/c26-21-15-20(12-13-22(21)27)25-29-23(17-7-2-1-3-8-17)28-24(30-25)19-11-10-16-6-4-5-9-18(16)14-19/h1-15H. The Kier molecular flexibility index (Phi) is 4.69. The molecule has 30 heavy (non-hydrogen) atoms. The molecule has 0 spiro atoms. The first-order chi connectivity index (χ1) is 14.7. The second-order valence-electron chi connectivity index (χ2n) is 6.86. The summed E-state index contributed by atoms with van der Waals surface area (Å²) in [5.74, 6) is 1.05. The molecular formula is C25H15ClFN3. The molecule has 0 aliphatic rings. The van der Waals surface area contributed by atoms with Crippen molar-refractivity contribution in [2.75, 3.05) is 0 Å². The normalized spacial score (nSPS) is 11.0. The van der Waals surface area contributed by atoms with Gasteiger partial charge in [-0.25, -0.2) is 19.3 Å². The molecule has 5 aromatic rings. The zero-order valence-corrected chi connectivity index (χ0v) is 16.5. The van der Waals surface area contributed by atoms with Gasteiger partial charge < -0.3 is 0 Å². The fourth-order valence-electron chi connectivity index (χ4n) is 3.31. The molecule has 0 unspecified atom stereocenters. The number of fused-ring (bicyclic) bond motifs is 1. The van der Waals surface area contributed by atoms with Crippen LogP contribution in [0.1, 0.15) is 0 Å². The lowest BCUT2D eigenvalue weighted by Gasteiger charge is -2.09. The lowest BCUT2D eigenvalue weighted by molar-refractivity contribution is 0.628. The van der Waals surface area contributed by atoms with Crippen LogP contribution in [-0.2, 0) is 0 Å². The van der Waals surface area contributed by atoms with Crippen molar-refractivity contribution in [1.29, 1.82) is 0 Å². The third-order valence-electron chi connectivity index (χ3n) is 4.85. The molecule has 3 nitrogen and oxygen atoms in total. The van der Waals surface area contributed by atoms with Crippen molar-refractivity contribution in [2.24, 2.45) is 0 Å². The molecule has 0 N–H and O–H groups in total. The van der Waals surface area contributed by atoms with Gasteiger partial charge in [0, 0.05) is 16.7 Å². The summed E-state index contributed by atoms with van der Waals surface area (Å²) in [6, 6.07) is 28.4. The van der Waals surface area contributed by atoms with Crippen molar-refractivity contribution in [3.05, 3.63) is 102 Å². The number of nitrogens with zero attached hydrogens (tertiary/aromatic N) is 3. The summed E-state index contributed by atoms with van der Waals surface area (Å²) in [5, 5.41) is 2.27. The molecule has 144 valence electrons. The fourth-order valence-corrected chi connectivity index (χ4v) is 3.49. The van der Waals surface area contributed by atoms with Crippen molar-refractivity contribution >= 4 is 22.4 Å². The van der Waals surface area contributed by atoms with Crippen LogP contribution in [0.4, 0.5) is 4.39 Å². The summed E-state index contributed by atoms with van der Waals surface area (Å²) in [7, 11) is 0. The Hall–Kier alpha value is -3.63. The molecule has 0 radical (unpaired) electrons. The molecule has 1 heterocycles. The van der Waals surface area contributed by atoms with Crippen LogP contribution in [0, 0.1) is 5.82 Å². The van der Waals surface area contributed by atoms with Crippen molar-refractivity contribution in [1.82, 2.24) is 15.0 Å². The quantitative estimate of drug-likeness (QED) is 0.327. The maximum Gasteiger partial charge on any atom is 0.164 e. The van der Waals surface area contributed by atoms with E-state index in [9.17, 15) is 4.39 Å². The zero-order chi connectivity index (χ0) is 20.5. The Morgan fingerprint density at radius 1 is 0.533 bits per heavy atom. The summed E-state index contributed by atoms with van der Waals surface area (Å²) in [5.41, 5.74) is 2.38. The summed E-state index contributed by atoms with van der Waals surface area (Å²) in [6.45, 7) is 0. The van der Waals surface area contributed by atoms with E-state index in [0.717, 1.165) is 21.9 Å². The van der Waals surface area contributed by atoms with E-state index >= 15 is 0 Å². The van der Waals surface area contributed by atoms with Gasteiger partial charge in [0.15, 0.2) is 17.5 Å². The van der Waals surface area contributed by atoms with Gasteiger partial charge in [0.2, 0.25) is 0 Å². The average Bonchev–Trinajstić information content (AvgIpc) is 2.81. The molecule has 0 atom stereocenters. The van der Waals surface area contributed by atoms with Crippen LogP contribution in [0.15, 0.2) is 91.0 Å². The maximum absolute atomic E-state index is 13.7. The lowest BCUT2D eigenvalue weighted by atomic mass is 10.1. The van der Waals surface area contributed by atoms with Crippen LogP contribution >= 0.6 is 11.6 Å². The minimum absolute atomic E-state index is 0.0291. The van der Waals surface area contributed by atoms with Gasteiger partial charge in [0.05, 0.1) is 5.02 Å². The van der Waals surface area contributed by atoms with Gasteiger partial charge in [0.25, 0.3) is 0 Å². The highest BCUT2D eigenvalue weighted by molar-refractivity contribution is 6.31. The van der Waals surface area contributed by atoms with E-state index in [0.29, 0.717) is 23.0 Å². The summed E-state index contributed by atoms with van der Waals surface area (Å²) < 4.78 is 13.7. The van der Waals surface area contributed by atoms with E-state index in [4.69, 9.17) is 16.6 Å². The molecule has 0 amide bonds. The third kappa shape index (κ3) is 3.53. The molecule has 0 aliphatic heterocycles. The van der Waals surface area contributed by atoms with E-state index in [1.807, 2.05) is 54.6 Å². The molecule has 5 rings (SSSR count). The first-order valence-electron chi connectivity index (χ1n) is 9.43. The predicted molar refractivity (Wildman–Crippen MR) is 119 cm³/mol. The Bertz CT molecular complexity index is 1370. The van der Waals surface area contributed by atoms with E-state index < -0.39 is 5.82 Å². The van der Waals surface area contributed by atoms with Crippen LogP contribution in [0.25, 0.3) is 44.9 Å². The molecule has 5 heteroatoms. The van der Waals surface area contributed by atoms with Gasteiger partial charge >= 0.3 is 0 Å². The van der Waals surface area contributed by atoms with Gasteiger partial charge in [-0.1, -0.05) is 78.3 Å². The Morgan fingerprint density at radius 3 is 1.80 bits per heavy atom. The number of hydrogen-bond acceptors (Lipinski definition) is 3. The van der Waals surface area contributed by atoms with Crippen LogP contribution in [0.5, 0.6) is 0 Å². The minimum atomic E-state index is -0.479. The summed E-state index contributed by atoms with van der Waals surface area (Å²) in [4.78, 5) is 14.0. The highest BCUT2D eigenvalue weighted by Gasteiger charge is 2.13. The van der Waals surface area contributed by atoms with Crippen LogP contribution in [0.3, 0.4) is 0 Å². The van der Waals surface area contributed by atoms with Gasteiger partial charge in [-0.2, -0.15) is 0 Å². The van der Waals surface area contributed by atoms with E-state index in [2.05, 4.69) is 28.2 Å². The van der Waals surface area contributed by atoms with Crippen molar-refractivity contribution in [3.8, 4) is 34.2 Å². The number of rotatable bonds is 3. The fraction of sp³-hybridized carbons (Fsp3) is 0. The Labute approximate surface area is 177 Å². The number of aromatic nitrogens is 3. The topological polar surface area (TPSA) is 38.7 Å². The molecule has 4 aromatic carbocycles. The smallest absolute Gasteiger partial charge is 0.164 e. The summed E-state index contributed by atoms with van der Waals surface area (Å²) >= 11 is 6.00. The molecule has 0 saturated heterocycles.